The number of H-pyrrole nitrogens is 1. The van der Waals surface area contributed by atoms with Crippen molar-refractivity contribution in [1.29, 1.82) is 0 Å². The Labute approximate surface area is 242 Å². The topological polar surface area (TPSA) is 207 Å². The predicted molar refractivity (Wildman–Crippen MR) is 163 cm³/mol. The summed E-state index contributed by atoms with van der Waals surface area (Å²) in [5, 5.41) is 2.53. The second kappa shape index (κ2) is 14.0. The number of anilines is 1. The number of aromatic amines is 1. The molecule has 1 amide bonds. The van der Waals surface area contributed by atoms with E-state index in [1.165, 1.54) is 12.4 Å². The minimum atomic E-state index is -0.182. The van der Waals surface area contributed by atoms with Gasteiger partial charge in [0, 0.05) is 46.7 Å². The molecule has 0 aliphatic carbocycles. The predicted octanol–water partition coefficient (Wildman–Crippen LogP) is 0.853. The van der Waals surface area contributed by atoms with E-state index in [0.717, 1.165) is 5.65 Å². The summed E-state index contributed by atoms with van der Waals surface area (Å²) in [5.41, 5.74) is 13.2. The summed E-state index contributed by atoms with van der Waals surface area (Å²) in [5.74, 6) is 2.72. The zero-order valence-electron chi connectivity index (χ0n) is 23.4. The lowest BCUT2D eigenvalue weighted by atomic mass is 10.4. The Morgan fingerprint density at radius 1 is 0.833 bits per heavy atom. The van der Waals surface area contributed by atoms with Crippen LogP contribution >= 0.6 is 0 Å². The van der Waals surface area contributed by atoms with Gasteiger partial charge in [0.05, 0.1) is 12.7 Å². The third-order valence-corrected chi connectivity index (χ3v) is 5.49. The van der Waals surface area contributed by atoms with Crippen molar-refractivity contribution in [3.8, 4) is 0 Å². The maximum Gasteiger partial charge on any atom is 0.279 e. The maximum atomic E-state index is 11.2. The molecule has 0 saturated heterocycles. The Hall–Kier alpha value is -5.80. The number of nitrogens with two attached hydrogens (primary N) is 2. The molecule has 0 aromatic carbocycles. The number of nitrogens with zero attached hydrogens (tertiary/aromatic N) is 10. The largest absolute Gasteiger partial charge is 0.384 e. The molecule has 6 N–H and O–H groups in total. The number of imidazole rings is 2. The number of hydrogen-bond donors (Lipinski definition) is 4. The van der Waals surface area contributed by atoms with E-state index < -0.39 is 0 Å². The molecule has 0 spiro atoms. The highest BCUT2D eigenvalue weighted by Gasteiger charge is 2.07. The van der Waals surface area contributed by atoms with Crippen molar-refractivity contribution in [2.45, 2.75) is 14.4 Å². The number of nitrogen functional groups attached to an aromatic ring is 1. The molecule has 2 aliphatic rings. The van der Waals surface area contributed by atoms with Gasteiger partial charge in [-0.2, -0.15) is 0 Å². The van der Waals surface area contributed by atoms with Gasteiger partial charge in [0.25, 0.3) is 11.5 Å². The zero-order chi connectivity index (χ0) is 30.3. The normalized spacial score (nSPS) is 13.6. The van der Waals surface area contributed by atoms with Crippen LogP contribution in [0.3, 0.4) is 0 Å². The summed E-state index contributed by atoms with van der Waals surface area (Å²) < 4.78 is 3.52. The van der Waals surface area contributed by atoms with Gasteiger partial charge >= 0.3 is 0 Å². The van der Waals surface area contributed by atoms with Crippen molar-refractivity contribution in [3.63, 3.8) is 0 Å². The van der Waals surface area contributed by atoms with Crippen LogP contribution in [-0.2, 0) is 18.9 Å². The SMILES string of the molecule is C.C=C1N=C(N)C=CN1C.C=C1NC(=O)C=CN1C.Cc1nc2c(ncn2C)c(=O)[nH]1.Cn1cnc2c(N)ncnc21. The molecule has 2 aliphatic heterocycles. The molecule has 0 bridgehead atoms. The number of aliphatic imine (C=N–C) groups is 1. The third-order valence-electron chi connectivity index (χ3n) is 5.49. The number of aryl methyl sites for hydroxylation is 3. The van der Waals surface area contributed by atoms with E-state index in [-0.39, 0.29) is 18.9 Å². The Morgan fingerprint density at radius 3 is 2.02 bits per heavy atom. The van der Waals surface area contributed by atoms with Gasteiger partial charge in [0.15, 0.2) is 22.6 Å². The van der Waals surface area contributed by atoms with Crippen molar-refractivity contribution in [2.75, 3.05) is 19.8 Å². The fourth-order valence-corrected chi connectivity index (χ4v) is 3.17. The number of nitrogens with one attached hydrogen (secondary N) is 2. The van der Waals surface area contributed by atoms with Crippen LogP contribution in [0, 0.1) is 6.92 Å². The van der Waals surface area contributed by atoms with Gasteiger partial charge in [-0.1, -0.05) is 20.6 Å². The molecule has 4 aromatic heterocycles. The smallest absolute Gasteiger partial charge is 0.279 e. The molecular weight excluding hydrogens is 540 g/mol. The lowest BCUT2D eigenvalue weighted by Crippen LogP contribution is -2.32. The minimum Gasteiger partial charge on any atom is -0.384 e. The number of amidine groups is 1. The lowest BCUT2D eigenvalue weighted by Gasteiger charge is -2.20. The molecule has 0 radical (unpaired) electrons. The van der Waals surface area contributed by atoms with Crippen LogP contribution in [0.4, 0.5) is 5.82 Å². The Morgan fingerprint density at radius 2 is 1.45 bits per heavy atom. The minimum absolute atomic E-state index is 0. The summed E-state index contributed by atoms with van der Waals surface area (Å²) in [6, 6.07) is 0. The molecule has 16 nitrogen and oxygen atoms in total. The van der Waals surface area contributed by atoms with E-state index in [2.05, 4.69) is 53.4 Å². The van der Waals surface area contributed by atoms with Crippen molar-refractivity contribution in [2.24, 2.45) is 24.8 Å². The molecule has 6 rings (SSSR count). The van der Waals surface area contributed by atoms with E-state index in [1.807, 2.05) is 27.3 Å². The molecule has 42 heavy (non-hydrogen) atoms. The molecule has 16 heteroatoms. The zero-order valence-corrected chi connectivity index (χ0v) is 23.4. The fourth-order valence-electron chi connectivity index (χ4n) is 3.17. The number of hydrogen-bond acceptors (Lipinski definition) is 12. The first-order valence-electron chi connectivity index (χ1n) is 12.0. The molecule has 4 aromatic rings. The first-order chi connectivity index (χ1) is 19.4. The van der Waals surface area contributed by atoms with Crippen LogP contribution in [0.1, 0.15) is 13.3 Å². The highest BCUT2D eigenvalue weighted by molar-refractivity contribution is 5.92. The van der Waals surface area contributed by atoms with Crippen molar-refractivity contribution >= 4 is 39.9 Å². The van der Waals surface area contributed by atoms with Gasteiger partial charge in [-0.05, 0) is 13.0 Å². The first-order valence-corrected chi connectivity index (χ1v) is 12.0. The number of rotatable bonds is 0. The lowest BCUT2D eigenvalue weighted by molar-refractivity contribution is -0.116. The van der Waals surface area contributed by atoms with Gasteiger partial charge in [0.1, 0.15) is 35.1 Å². The Bertz CT molecular complexity index is 1740. The standard InChI is InChI=1S/C7H8N4O.C6H7N5.C6H9N3.C6H8N2O.CH4/c1-4-9-6-5(7(12)10-4)8-3-11(6)2;1-11-3-10-4-5(7)8-2-9-6(4)11;1-5-8-6(7)3-4-9(5)2;1-5-7-6(9)3-4-8(5)2;/h3H,1-2H3,(H,9,10,12);2-3H,1H3,(H2,7,8,9);3-4H,1H2,2H3,(H2,7,8);3-4H,1H2,2H3,(H,7,9);1H4. The summed E-state index contributed by atoms with van der Waals surface area (Å²) in [6.45, 7) is 8.98. The third kappa shape index (κ3) is 8.10. The second-order valence-electron chi connectivity index (χ2n) is 8.71. The highest BCUT2D eigenvalue weighted by atomic mass is 16.1. The first kappa shape index (κ1) is 32.4. The maximum absolute atomic E-state index is 11.2. The van der Waals surface area contributed by atoms with Crippen LogP contribution < -0.4 is 22.3 Å². The second-order valence-corrected chi connectivity index (χ2v) is 8.71. The van der Waals surface area contributed by atoms with Crippen LogP contribution in [0.2, 0.25) is 0 Å². The van der Waals surface area contributed by atoms with E-state index in [9.17, 15) is 9.59 Å². The molecule has 0 atom stereocenters. The average molecular weight is 577 g/mol. The molecular formula is C26H36N14O2. The number of aromatic nitrogens is 8. The fraction of sp³-hybridized carbons (Fsp3) is 0.231. The molecule has 6 heterocycles. The molecule has 222 valence electrons. The summed E-state index contributed by atoms with van der Waals surface area (Å²) in [6.07, 6.45) is 11.3. The van der Waals surface area contributed by atoms with Crippen molar-refractivity contribution < 1.29 is 4.79 Å². The summed E-state index contributed by atoms with van der Waals surface area (Å²) >= 11 is 0. The molecule has 0 unspecified atom stereocenters. The average Bonchev–Trinajstić information content (AvgIpc) is 3.49. The van der Waals surface area contributed by atoms with Gasteiger partial charge < -0.3 is 40.7 Å². The van der Waals surface area contributed by atoms with Gasteiger partial charge in [-0.25, -0.2) is 29.9 Å². The van der Waals surface area contributed by atoms with E-state index in [0.29, 0.717) is 45.8 Å². The number of amides is 1. The van der Waals surface area contributed by atoms with Crippen LogP contribution in [-0.4, -0.2) is 74.7 Å². The van der Waals surface area contributed by atoms with Gasteiger partial charge in [0.2, 0.25) is 0 Å². The highest BCUT2D eigenvalue weighted by Crippen LogP contribution is 2.12. The summed E-state index contributed by atoms with van der Waals surface area (Å²) in [4.78, 5) is 51.7. The van der Waals surface area contributed by atoms with E-state index in [4.69, 9.17) is 11.5 Å². The van der Waals surface area contributed by atoms with Crippen molar-refractivity contribution in [3.05, 3.63) is 84.5 Å². The van der Waals surface area contributed by atoms with E-state index in [1.54, 1.807) is 57.8 Å². The monoisotopic (exact) mass is 576 g/mol. The van der Waals surface area contributed by atoms with Crippen LogP contribution in [0.5, 0.6) is 0 Å². The molecule has 0 saturated carbocycles. The number of fused-ring (bicyclic) bond motifs is 2. The van der Waals surface area contributed by atoms with Gasteiger partial charge in [-0.3, -0.25) is 9.59 Å². The summed E-state index contributed by atoms with van der Waals surface area (Å²) in [7, 11) is 7.36. The number of carbonyl (C=O) groups excluding carboxylic acids is 1. The number of carbonyl (C=O) groups is 1. The van der Waals surface area contributed by atoms with Crippen LogP contribution in [0.15, 0.2) is 78.1 Å². The van der Waals surface area contributed by atoms with Gasteiger partial charge in [-0.15, -0.1) is 0 Å². The van der Waals surface area contributed by atoms with Crippen molar-refractivity contribution in [1.82, 2.24) is 54.2 Å². The Balaban J connectivity index is 0.000000196. The quantitative estimate of drug-likeness (QED) is 0.231. The molecule has 0 fully saturated rings. The Kier molecular flexibility index (Phi) is 10.8. The van der Waals surface area contributed by atoms with Crippen LogP contribution in [0.25, 0.3) is 22.3 Å². The van der Waals surface area contributed by atoms with E-state index >= 15 is 0 Å².